The highest BCUT2D eigenvalue weighted by atomic mass is 19.4. The molecule has 0 radical (unpaired) electrons. The second-order valence-corrected chi connectivity index (χ2v) is 3.75. The van der Waals surface area contributed by atoms with Gasteiger partial charge < -0.3 is 10.1 Å². The fourth-order valence-corrected chi connectivity index (χ4v) is 1.50. The molecule has 0 aliphatic rings. The summed E-state index contributed by atoms with van der Waals surface area (Å²) in [6.45, 7) is 0.427. The molecule has 0 aliphatic carbocycles. The number of nitrogens with zero attached hydrogens (tertiary/aromatic N) is 1. The minimum absolute atomic E-state index is 0.251. The van der Waals surface area contributed by atoms with Gasteiger partial charge in [0.2, 0.25) is 0 Å². The lowest BCUT2D eigenvalue weighted by Gasteiger charge is -2.11. The Morgan fingerprint density at radius 3 is 2.63 bits per heavy atom. The van der Waals surface area contributed by atoms with Crippen molar-refractivity contribution in [2.24, 2.45) is 0 Å². The van der Waals surface area contributed by atoms with Crippen LogP contribution >= 0.6 is 0 Å². The molecular formula is C13H11F3N2O. The first-order chi connectivity index (χ1) is 9.03. The van der Waals surface area contributed by atoms with Gasteiger partial charge in [-0.2, -0.15) is 0 Å². The summed E-state index contributed by atoms with van der Waals surface area (Å²) in [4.78, 5) is 4.10. The lowest BCUT2D eigenvalue weighted by atomic mass is 10.3. The number of rotatable bonds is 4. The summed E-state index contributed by atoms with van der Waals surface area (Å²) in [5.41, 5.74) is 1.33. The van der Waals surface area contributed by atoms with Gasteiger partial charge in [-0.25, -0.2) is 0 Å². The predicted molar refractivity (Wildman–Crippen MR) is 64.7 cm³/mol. The van der Waals surface area contributed by atoms with Gasteiger partial charge in [0.05, 0.1) is 12.2 Å². The van der Waals surface area contributed by atoms with E-state index in [1.807, 2.05) is 12.1 Å². The molecule has 100 valence electrons. The van der Waals surface area contributed by atoms with Crippen molar-refractivity contribution >= 4 is 5.69 Å². The number of hydrogen-bond donors (Lipinski definition) is 1. The van der Waals surface area contributed by atoms with Gasteiger partial charge in [0.1, 0.15) is 5.75 Å². The van der Waals surface area contributed by atoms with Gasteiger partial charge in [-0.05, 0) is 24.3 Å². The Morgan fingerprint density at radius 1 is 1.11 bits per heavy atom. The summed E-state index contributed by atoms with van der Waals surface area (Å²) in [7, 11) is 0. The van der Waals surface area contributed by atoms with Gasteiger partial charge in [0.25, 0.3) is 0 Å². The normalized spacial score (nSPS) is 11.1. The highest BCUT2D eigenvalue weighted by Gasteiger charge is 2.31. The first-order valence-electron chi connectivity index (χ1n) is 5.52. The van der Waals surface area contributed by atoms with Crippen LogP contribution in [0.3, 0.4) is 0 Å². The van der Waals surface area contributed by atoms with Crippen LogP contribution in [0.2, 0.25) is 0 Å². The molecule has 1 aromatic heterocycles. The lowest BCUT2D eigenvalue weighted by Crippen LogP contribution is -2.17. The second-order valence-electron chi connectivity index (χ2n) is 3.75. The Hall–Kier alpha value is -2.24. The fraction of sp³-hybridized carbons (Fsp3) is 0.154. The van der Waals surface area contributed by atoms with Crippen LogP contribution in [0.5, 0.6) is 5.75 Å². The SMILES string of the molecule is FC(F)(F)Oc1cccc(NCc2ccccn2)c1. The highest BCUT2D eigenvalue weighted by molar-refractivity contribution is 5.48. The highest BCUT2D eigenvalue weighted by Crippen LogP contribution is 2.25. The van der Waals surface area contributed by atoms with E-state index >= 15 is 0 Å². The molecule has 2 aromatic rings. The van der Waals surface area contributed by atoms with Crippen LogP contribution in [-0.2, 0) is 6.54 Å². The Labute approximate surface area is 108 Å². The predicted octanol–water partition coefficient (Wildman–Crippen LogP) is 3.59. The standard InChI is InChI=1S/C13H11F3N2O/c14-13(15,16)19-12-6-3-5-10(8-12)18-9-11-4-1-2-7-17-11/h1-8,18H,9H2. The fourth-order valence-electron chi connectivity index (χ4n) is 1.50. The molecule has 0 saturated carbocycles. The Bertz CT molecular complexity index is 529. The van der Waals surface area contributed by atoms with Crippen LogP contribution in [0.15, 0.2) is 48.7 Å². The van der Waals surface area contributed by atoms with Crippen LogP contribution in [-0.4, -0.2) is 11.3 Å². The van der Waals surface area contributed by atoms with E-state index in [1.54, 1.807) is 18.3 Å². The van der Waals surface area contributed by atoms with E-state index in [4.69, 9.17) is 0 Å². The van der Waals surface area contributed by atoms with E-state index in [9.17, 15) is 13.2 Å². The maximum atomic E-state index is 12.1. The summed E-state index contributed by atoms with van der Waals surface area (Å²) in [5, 5.41) is 2.98. The van der Waals surface area contributed by atoms with Gasteiger partial charge in [-0.1, -0.05) is 12.1 Å². The third kappa shape index (κ3) is 4.50. The number of hydrogen-bond acceptors (Lipinski definition) is 3. The molecular weight excluding hydrogens is 257 g/mol. The number of aromatic nitrogens is 1. The minimum atomic E-state index is -4.68. The summed E-state index contributed by atoms with van der Waals surface area (Å²) < 4.78 is 40.1. The molecule has 19 heavy (non-hydrogen) atoms. The van der Waals surface area contributed by atoms with Gasteiger partial charge in [-0.15, -0.1) is 13.2 Å². The smallest absolute Gasteiger partial charge is 0.406 e. The number of pyridine rings is 1. The summed E-state index contributed by atoms with van der Waals surface area (Å²) in [6, 6.07) is 11.1. The van der Waals surface area contributed by atoms with Gasteiger partial charge in [0, 0.05) is 18.0 Å². The van der Waals surface area contributed by atoms with Crippen LogP contribution in [0.1, 0.15) is 5.69 Å². The van der Waals surface area contributed by atoms with Crippen molar-refractivity contribution < 1.29 is 17.9 Å². The van der Waals surface area contributed by atoms with Crippen molar-refractivity contribution in [2.75, 3.05) is 5.32 Å². The monoisotopic (exact) mass is 268 g/mol. The van der Waals surface area contributed by atoms with Crippen LogP contribution in [0.4, 0.5) is 18.9 Å². The first-order valence-corrected chi connectivity index (χ1v) is 5.52. The third-order valence-electron chi connectivity index (χ3n) is 2.27. The number of alkyl halides is 3. The Morgan fingerprint density at radius 2 is 1.95 bits per heavy atom. The molecule has 0 bridgehead atoms. The molecule has 0 unspecified atom stereocenters. The lowest BCUT2D eigenvalue weighted by molar-refractivity contribution is -0.274. The van der Waals surface area contributed by atoms with E-state index in [0.29, 0.717) is 12.2 Å². The van der Waals surface area contributed by atoms with E-state index < -0.39 is 6.36 Å². The maximum absolute atomic E-state index is 12.1. The molecule has 0 aliphatic heterocycles. The number of halogens is 3. The topological polar surface area (TPSA) is 34.1 Å². The molecule has 3 nitrogen and oxygen atoms in total. The van der Waals surface area contributed by atoms with Crippen molar-refractivity contribution in [1.29, 1.82) is 0 Å². The average Bonchev–Trinajstić information content (AvgIpc) is 2.36. The summed E-state index contributed by atoms with van der Waals surface area (Å²) in [6.07, 6.45) is -3.03. The zero-order chi connectivity index (χ0) is 13.7. The van der Waals surface area contributed by atoms with Gasteiger partial charge >= 0.3 is 6.36 Å². The molecule has 1 N–H and O–H groups in total. The van der Waals surface area contributed by atoms with E-state index in [2.05, 4.69) is 15.0 Å². The number of anilines is 1. The largest absolute Gasteiger partial charge is 0.573 e. The van der Waals surface area contributed by atoms with E-state index in [-0.39, 0.29) is 5.75 Å². The zero-order valence-corrected chi connectivity index (χ0v) is 9.82. The van der Waals surface area contributed by atoms with Crippen molar-refractivity contribution in [2.45, 2.75) is 12.9 Å². The quantitative estimate of drug-likeness (QED) is 0.920. The van der Waals surface area contributed by atoms with Crippen molar-refractivity contribution in [3.05, 3.63) is 54.4 Å². The Balaban J connectivity index is 1.99. The summed E-state index contributed by atoms with van der Waals surface area (Å²) >= 11 is 0. The van der Waals surface area contributed by atoms with Crippen molar-refractivity contribution in [3.8, 4) is 5.75 Å². The van der Waals surface area contributed by atoms with Crippen LogP contribution < -0.4 is 10.1 Å². The maximum Gasteiger partial charge on any atom is 0.573 e. The van der Waals surface area contributed by atoms with E-state index in [0.717, 1.165) is 5.69 Å². The van der Waals surface area contributed by atoms with Gasteiger partial charge in [0.15, 0.2) is 0 Å². The molecule has 1 aromatic carbocycles. The van der Waals surface area contributed by atoms with Gasteiger partial charge in [-0.3, -0.25) is 4.98 Å². The second kappa shape index (κ2) is 5.60. The molecule has 6 heteroatoms. The summed E-state index contributed by atoms with van der Waals surface area (Å²) in [5.74, 6) is -0.251. The average molecular weight is 268 g/mol. The van der Waals surface area contributed by atoms with Crippen LogP contribution in [0.25, 0.3) is 0 Å². The molecule has 2 rings (SSSR count). The van der Waals surface area contributed by atoms with Crippen molar-refractivity contribution in [1.82, 2.24) is 4.98 Å². The molecule has 0 amide bonds. The van der Waals surface area contributed by atoms with Crippen LogP contribution in [0, 0.1) is 0 Å². The zero-order valence-electron chi connectivity index (χ0n) is 9.82. The Kier molecular flexibility index (Phi) is 3.89. The number of nitrogens with one attached hydrogen (secondary N) is 1. The molecule has 0 atom stereocenters. The number of ether oxygens (including phenoxy) is 1. The molecule has 0 saturated heterocycles. The number of benzene rings is 1. The minimum Gasteiger partial charge on any atom is -0.406 e. The van der Waals surface area contributed by atoms with Crippen molar-refractivity contribution in [3.63, 3.8) is 0 Å². The molecule has 1 heterocycles. The first kappa shape index (κ1) is 13.2. The van der Waals surface area contributed by atoms with E-state index in [1.165, 1.54) is 18.2 Å². The molecule has 0 fully saturated rings. The third-order valence-corrected chi connectivity index (χ3v) is 2.27. The molecule has 0 spiro atoms.